The van der Waals surface area contributed by atoms with Gasteiger partial charge in [0.05, 0.1) is 23.3 Å². The number of benzene rings is 2. The van der Waals surface area contributed by atoms with Crippen molar-refractivity contribution in [2.45, 2.75) is 13.8 Å². The molecule has 4 aromatic rings. The summed E-state index contributed by atoms with van der Waals surface area (Å²) in [6, 6.07) is 17.5. The van der Waals surface area contributed by atoms with Crippen LogP contribution in [0, 0.1) is 36.5 Å². The van der Waals surface area contributed by atoms with Gasteiger partial charge in [-0.25, -0.2) is 9.97 Å². The Balaban J connectivity index is 0.000000200. The van der Waals surface area contributed by atoms with E-state index in [1.807, 2.05) is 26.0 Å². The van der Waals surface area contributed by atoms with E-state index in [0.717, 1.165) is 11.4 Å². The minimum Gasteiger partial charge on any atom is -0.506 e. The summed E-state index contributed by atoms with van der Waals surface area (Å²) in [4.78, 5) is 8.37. The highest BCUT2D eigenvalue weighted by Crippen LogP contribution is 2.26. The SMILES string of the molecule is Cc1ccc2c(C#N)ccc(O)c2n1.Cc1ccc2c(C#N)ccc(O)c2n1.[Al]. The number of hydrogen-bond donors (Lipinski definition) is 2. The van der Waals surface area contributed by atoms with Gasteiger partial charge >= 0.3 is 0 Å². The zero-order valence-corrected chi connectivity index (χ0v) is 17.0. The van der Waals surface area contributed by atoms with Crippen LogP contribution in [0.1, 0.15) is 22.5 Å². The molecule has 2 N–H and O–H groups in total. The second kappa shape index (κ2) is 9.04. The number of aryl methyl sites for hydroxylation is 2. The number of phenolic OH excluding ortho intramolecular Hbond substituents is 2. The van der Waals surface area contributed by atoms with E-state index >= 15 is 0 Å². The molecule has 6 nitrogen and oxygen atoms in total. The first-order valence-electron chi connectivity index (χ1n) is 8.43. The smallest absolute Gasteiger partial charge is 0.141 e. The molecule has 0 aliphatic carbocycles. The van der Waals surface area contributed by atoms with Crippen molar-refractivity contribution in [3.63, 3.8) is 0 Å². The fourth-order valence-corrected chi connectivity index (χ4v) is 2.80. The average molecular weight is 395 g/mol. The maximum Gasteiger partial charge on any atom is 0.141 e. The van der Waals surface area contributed by atoms with Crippen molar-refractivity contribution in [1.29, 1.82) is 10.5 Å². The summed E-state index contributed by atoms with van der Waals surface area (Å²) >= 11 is 0. The first kappa shape index (κ1) is 21.7. The highest BCUT2D eigenvalue weighted by molar-refractivity contribution is 5.90. The molecule has 2 heterocycles. The van der Waals surface area contributed by atoms with Crippen molar-refractivity contribution in [3.8, 4) is 23.6 Å². The van der Waals surface area contributed by atoms with Crippen molar-refractivity contribution in [3.05, 3.63) is 71.0 Å². The van der Waals surface area contributed by atoms with Gasteiger partial charge < -0.3 is 10.2 Å². The lowest BCUT2D eigenvalue weighted by Gasteiger charge is -2.02. The second-order valence-corrected chi connectivity index (χ2v) is 6.19. The Kier molecular flexibility index (Phi) is 6.76. The van der Waals surface area contributed by atoms with Crippen molar-refractivity contribution in [1.82, 2.24) is 9.97 Å². The van der Waals surface area contributed by atoms with Gasteiger partial charge in [-0.2, -0.15) is 10.5 Å². The number of nitrogens with zero attached hydrogens (tertiary/aromatic N) is 4. The van der Waals surface area contributed by atoms with Crippen LogP contribution in [0.25, 0.3) is 21.8 Å². The quantitative estimate of drug-likeness (QED) is 0.437. The third-order valence-electron chi connectivity index (χ3n) is 4.19. The summed E-state index contributed by atoms with van der Waals surface area (Å²) in [5, 5.41) is 38.1. The van der Waals surface area contributed by atoms with E-state index in [0.29, 0.717) is 32.9 Å². The predicted octanol–water partition coefficient (Wildman–Crippen LogP) is 3.86. The van der Waals surface area contributed by atoms with E-state index in [4.69, 9.17) is 10.5 Å². The summed E-state index contributed by atoms with van der Waals surface area (Å²) in [6.45, 7) is 3.69. The Morgan fingerprint density at radius 2 is 1.03 bits per heavy atom. The van der Waals surface area contributed by atoms with E-state index in [-0.39, 0.29) is 28.9 Å². The van der Waals surface area contributed by atoms with E-state index in [1.54, 1.807) is 24.3 Å². The molecule has 2 aromatic carbocycles. The van der Waals surface area contributed by atoms with Gasteiger partial charge in [0.15, 0.2) is 0 Å². The number of hydrogen-bond acceptors (Lipinski definition) is 6. The Labute approximate surface area is 178 Å². The molecule has 0 atom stereocenters. The molecule has 139 valence electrons. The zero-order chi connectivity index (χ0) is 20.3. The van der Waals surface area contributed by atoms with Gasteiger partial charge in [-0.3, -0.25) is 0 Å². The van der Waals surface area contributed by atoms with Crippen molar-refractivity contribution < 1.29 is 10.2 Å². The Bertz CT molecular complexity index is 1190. The maximum absolute atomic E-state index is 9.54. The third kappa shape index (κ3) is 4.45. The second-order valence-electron chi connectivity index (χ2n) is 6.19. The van der Waals surface area contributed by atoms with Gasteiger partial charge in [-0.15, -0.1) is 0 Å². The molecule has 0 saturated carbocycles. The number of aromatic nitrogens is 2. The fourth-order valence-electron chi connectivity index (χ4n) is 2.80. The third-order valence-corrected chi connectivity index (χ3v) is 4.19. The highest BCUT2D eigenvalue weighted by Gasteiger charge is 2.06. The molecule has 0 spiro atoms. The van der Waals surface area contributed by atoms with Crippen molar-refractivity contribution >= 4 is 39.2 Å². The highest BCUT2D eigenvalue weighted by atomic mass is 27.0. The lowest BCUT2D eigenvalue weighted by Crippen LogP contribution is -1.86. The van der Waals surface area contributed by atoms with Crippen LogP contribution < -0.4 is 0 Å². The normalized spacial score (nSPS) is 9.66. The molecule has 2 aromatic heterocycles. The van der Waals surface area contributed by atoms with E-state index in [9.17, 15) is 10.2 Å². The summed E-state index contributed by atoms with van der Waals surface area (Å²) in [5.41, 5.74) is 3.69. The van der Waals surface area contributed by atoms with Gasteiger partial charge in [0.2, 0.25) is 0 Å². The average Bonchev–Trinajstić information content (AvgIpc) is 2.70. The molecule has 0 bridgehead atoms. The van der Waals surface area contributed by atoms with Crippen LogP contribution in [0.2, 0.25) is 0 Å². The summed E-state index contributed by atoms with van der Waals surface area (Å²) in [7, 11) is 0. The number of nitriles is 2. The van der Waals surface area contributed by atoms with Crippen LogP contribution in [0.15, 0.2) is 48.5 Å². The first-order valence-corrected chi connectivity index (χ1v) is 8.43. The van der Waals surface area contributed by atoms with Crippen molar-refractivity contribution in [2.24, 2.45) is 0 Å². The Morgan fingerprint density at radius 3 is 1.38 bits per heavy atom. The number of fused-ring (bicyclic) bond motifs is 2. The first-order chi connectivity index (χ1) is 13.4. The molecular formula is C22H16AlN4O2. The van der Waals surface area contributed by atoms with Crippen LogP contribution in [0.4, 0.5) is 0 Å². The molecule has 0 aliphatic heterocycles. The largest absolute Gasteiger partial charge is 0.506 e. The molecule has 4 rings (SSSR count). The van der Waals surface area contributed by atoms with E-state index < -0.39 is 0 Å². The van der Waals surface area contributed by atoms with Crippen LogP contribution in [-0.2, 0) is 0 Å². The van der Waals surface area contributed by atoms with E-state index in [2.05, 4.69) is 22.1 Å². The summed E-state index contributed by atoms with van der Waals surface area (Å²) < 4.78 is 0. The van der Waals surface area contributed by atoms with Gasteiger partial charge in [-0.05, 0) is 62.4 Å². The maximum atomic E-state index is 9.54. The number of rotatable bonds is 0. The van der Waals surface area contributed by atoms with Crippen LogP contribution in [0.5, 0.6) is 11.5 Å². The van der Waals surface area contributed by atoms with Crippen LogP contribution in [-0.4, -0.2) is 37.5 Å². The molecule has 0 unspecified atom stereocenters. The molecule has 29 heavy (non-hydrogen) atoms. The predicted molar refractivity (Wildman–Crippen MR) is 111 cm³/mol. The molecule has 0 saturated heterocycles. The van der Waals surface area contributed by atoms with Crippen LogP contribution in [0.3, 0.4) is 0 Å². The van der Waals surface area contributed by atoms with Gasteiger partial charge in [0.25, 0.3) is 0 Å². The topological polar surface area (TPSA) is 114 Å². The lowest BCUT2D eigenvalue weighted by molar-refractivity contribution is 0.479. The minimum absolute atomic E-state index is 0. The monoisotopic (exact) mass is 395 g/mol. The van der Waals surface area contributed by atoms with E-state index in [1.165, 1.54) is 12.1 Å². The van der Waals surface area contributed by atoms with Gasteiger partial charge in [-0.1, -0.05) is 0 Å². The molecule has 0 aliphatic rings. The van der Waals surface area contributed by atoms with Gasteiger partial charge in [0.1, 0.15) is 22.5 Å². The van der Waals surface area contributed by atoms with Crippen LogP contribution >= 0.6 is 0 Å². The standard InChI is InChI=1S/2C11H8N2O.Al/c2*1-7-2-4-9-8(6-12)3-5-10(14)11(9)13-7;/h2*2-5,14H,1H3;. The summed E-state index contributed by atoms with van der Waals surface area (Å²) in [5.74, 6) is 0.227. The number of phenols is 2. The Morgan fingerprint density at radius 1 is 0.655 bits per heavy atom. The molecule has 7 heteroatoms. The summed E-state index contributed by atoms with van der Waals surface area (Å²) in [6.07, 6.45) is 0. The van der Waals surface area contributed by atoms with Gasteiger partial charge in [0, 0.05) is 39.5 Å². The number of aromatic hydroxyl groups is 2. The molecule has 0 fully saturated rings. The number of pyridine rings is 2. The van der Waals surface area contributed by atoms with Crippen molar-refractivity contribution in [2.75, 3.05) is 0 Å². The minimum atomic E-state index is 0. The molecular weight excluding hydrogens is 379 g/mol. The fraction of sp³-hybridized carbons (Fsp3) is 0.0909. The molecule has 0 amide bonds. The zero-order valence-electron chi connectivity index (χ0n) is 15.9. The Hall–Kier alpha value is -3.63. The lowest BCUT2D eigenvalue weighted by atomic mass is 10.1. The molecule has 3 radical (unpaired) electrons.